The number of benzene rings is 2. The minimum absolute atomic E-state index is 0.237. The molecule has 2 rings (SSSR count). The molecule has 1 nitrogen and oxygen atoms in total. The zero-order chi connectivity index (χ0) is 13.1. The highest BCUT2D eigenvalue weighted by atomic mass is 79.9. The van der Waals surface area contributed by atoms with E-state index in [2.05, 4.69) is 53.3 Å². The third kappa shape index (κ3) is 3.10. The Balaban J connectivity index is 2.09. The quantitative estimate of drug-likeness (QED) is 0.857. The number of hydrogen-bond acceptors (Lipinski definition) is 1. The van der Waals surface area contributed by atoms with Crippen molar-refractivity contribution in [1.29, 1.82) is 0 Å². The molecule has 0 heterocycles. The van der Waals surface area contributed by atoms with Crippen LogP contribution in [-0.2, 0) is 6.54 Å². The molecule has 0 amide bonds. The van der Waals surface area contributed by atoms with Gasteiger partial charge in [-0.2, -0.15) is 0 Å². The van der Waals surface area contributed by atoms with E-state index in [0.29, 0.717) is 0 Å². The molecule has 3 heteroatoms. The summed E-state index contributed by atoms with van der Waals surface area (Å²) in [6.45, 7) is 4.93. The van der Waals surface area contributed by atoms with Gasteiger partial charge in [0.1, 0.15) is 5.82 Å². The lowest BCUT2D eigenvalue weighted by Gasteiger charge is -2.10. The van der Waals surface area contributed by atoms with Crippen molar-refractivity contribution in [3.05, 3.63) is 63.4 Å². The third-order valence-electron chi connectivity index (χ3n) is 2.99. The Kier molecular flexibility index (Phi) is 4.02. The summed E-state index contributed by atoms with van der Waals surface area (Å²) in [6.07, 6.45) is 0. The number of halogens is 2. The van der Waals surface area contributed by atoms with Gasteiger partial charge in [-0.3, -0.25) is 0 Å². The topological polar surface area (TPSA) is 12.0 Å². The molecule has 0 aliphatic carbocycles. The van der Waals surface area contributed by atoms with Gasteiger partial charge in [0.2, 0.25) is 0 Å². The minimum Gasteiger partial charge on any atom is -0.380 e. The molecule has 0 atom stereocenters. The Morgan fingerprint density at radius 3 is 2.50 bits per heavy atom. The van der Waals surface area contributed by atoms with E-state index in [-0.39, 0.29) is 5.82 Å². The van der Waals surface area contributed by atoms with Crippen LogP contribution >= 0.6 is 15.9 Å². The van der Waals surface area contributed by atoms with Crippen molar-refractivity contribution >= 4 is 21.6 Å². The smallest absolute Gasteiger partial charge is 0.124 e. The maximum Gasteiger partial charge on any atom is 0.124 e. The van der Waals surface area contributed by atoms with Crippen molar-refractivity contribution in [2.75, 3.05) is 5.32 Å². The maximum absolute atomic E-state index is 13.0. The molecule has 18 heavy (non-hydrogen) atoms. The molecule has 94 valence electrons. The average molecular weight is 308 g/mol. The SMILES string of the molecule is Cc1ccc(CNc2ccc(F)cc2Br)cc1C. The fraction of sp³-hybridized carbons (Fsp3) is 0.200. The monoisotopic (exact) mass is 307 g/mol. The van der Waals surface area contributed by atoms with Crippen molar-refractivity contribution in [1.82, 2.24) is 0 Å². The lowest BCUT2D eigenvalue weighted by atomic mass is 10.1. The van der Waals surface area contributed by atoms with Gasteiger partial charge in [0.05, 0.1) is 0 Å². The molecule has 0 aromatic heterocycles. The highest BCUT2D eigenvalue weighted by Crippen LogP contribution is 2.23. The Morgan fingerprint density at radius 1 is 1.06 bits per heavy atom. The molecule has 0 aliphatic heterocycles. The van der Waals surface area contributed by atoms with Crippen LogP contribution in [0.4, 0.5) is 10.1 Å². The van der Waals surface area contributed by atoms with Gasteiger partial charge < -0.3 is 5.32 Å². The second kappa shape index (κ2) is 5.53. The number of nitrogens with one attached hydrogen (secondary N) is 1. The van der Waals surface area contributed by atoms with Crippen LogP contribution in [0.3, 0.4) is 0 Å². The third-order valence-corrected chi connectivity index (χ3v) is 3.64. The molecular formula is C15H15BrFN. The largest absolute Gasteiger partial charge is 0.380 e. The van der Waals surface area contributed by atoms with Crippen LogP contribution < -0.4 is 5.32 Å². The van der Waals surface area contributed by atoms with Crippen LogP contribution in [0.1, 0.15) is 16.7 Å². The second-order valence-corrected chi connectivity index (χ2v) is 5.25. The maximum atomic E-state index is 13.0. The summed E-state index contributed by atoms with van der Waals surface area (Å²) in [6, 6.07) is 11.0. The normalized spacial score (nSPS) is 10.4. The highest BCUT2D eigenvalue weighted by molar-refractivity contribution is 9.10. The summed E-state index contributed by atoms with van der Waals surface area (Å²) in [5.41, 5.74) is 4.69. The van der Waals surface area contributed by atoms with Crippen LogP contribution in [0.5, 0.6) is 0 Å². The summed E-state index contributed by atoms with van der Waals surface area (Å²) >= 11 is 3.34. The van der Waals surface area contributed by atoms with Crippen LogP contribution in [0.15, 0.2) is 40.9 Å². The van der Waals surface area contributed by atoms with Crippen molar-refractivity contribution < 1.29 is 4.39 Å². The standard InChI is InChI=1S/C15H15BrFN/c1-10-3-4-12(7-11(10)2)9-18-15-6-5-13(17)8-14(15)16/h3-8,18H,9H2,1-2H3. The second-order valence-electron chi connectivity index (χ2n) is 4.40. The van der Waals surface area contributed by atoms with Crippen molar-refractivity contribution in [2.45, 2.75) is 20.4 Å². The van der Waals surface area contributed by atoms with Crippen molar-refractivity contribution in [3.63, 3.8) is 0 Å². The Morgan fingerprint density at radius 2 is 1.83 bits per heavy atom. The first kappa shape index (κ1) is 13.1. The molecule has 0 radical (unpaired) electrons. The van der Waals surface area contributed by atoms with E-state index in [9.17, 15) is 4.39 Å². The van der Waals surface area contributed by atoms with Gasteiger partial charge in [-0.25, -0.2) is 4.39 Å². The van der Waals surface area contributed by atoms with Gasteiger partial charge in [0.25, 0.3) is 0 Å². The predicted octanol–water partition coefficient (Wildman–Crippen LogP) is 4.82. The molecule has 2 aromatic carbocycles. The molecule has 2 aromatic rings. The molecular weight excluding hydrogens is 293 g/mol. The number of anilines is 1. The van der Waals surface area contributed by atoms with Gasteiger partial charge in [-0.15, -0.1) is 0 Å². The van der Waals surface area contributed by atoms with Crippen LogP contribution in [0.2, 0.25) is 0 Å². The van der Waals surface area contributed by atoms with E-state index in [1.54, 1.807) is 6.07 Å². The molecule has 1 N–H and O–H groups in total. The summed E-state index contributed by atoms with van der Waals surface area (Å²) in [7, 11) is 0. The number of rotatable bonds is 3. The summed E-state index contributed by atoms with van der Waals surface area (Å²) in [5.74, 6) is -0.237. The molecule has 0 bridgehead atoms. The van der Waals surface area contributed by atoms with Crippen molar-refractivity contribution in [3.8, 4) is 0 Å². The zero-order valence-corrected chi connectivity index (χ0v) is 12.0. The number of hydrogen-bond donors (Lipinski definition) is 1. The molecule has 0 saturated heterocycles. The highest BCUT2D eigenvalue weighted by Gasteiger charge is 2.02. The fourth-order valence-corrected chi connectivity index (χ4v) is 2.23. The molecule has 0 fully saturated rings. The van der Waals surface area contributed by atoms with Gasteiger partial charge in [-0.05, 0) is 64.7 Å². The first-order valence-electron chi connectivity index (χ1n) is 5.81. The first-order valence-corrected chi connectivity index (χ1v) is 6.60. The number of aryl methyl sites for hydroxylation is 2. The van der Waals surface area contributed by atoms with E-state index < -0.39 is 0 Å². The molecule has 0 saturated carbocycles. The van der Waals surface area contributed by atoms with E-state index in [1.165, 1.54) is 28.8 Å². The summed E-state index contributed by atoms with van der Waals surface area (Å²) in [5, 5.41) is 3.29. The zero-order valence-electron chi connectivity index (χ0n) is 10.4. The predicted molar refractivity (Wildman–Crippen MR) is 77.3 cm³/mol. The van der Waals surface area contributed by atoms with Crippen molar-refractivity contribution in [2.24, 2.45) is 0 Å². The lowest BCUT2D eigenvalue weighted by Crippen LogP contribution is -2.01. The van der Waals surface area contributed by atoms with Gasteiger partial charge in [0, 0.05) is 16.7 Å². The Labute approximate surface area is 115 Å². The minimum atomic E-state index is -0.237. The van der Waals surface area contributed by atoms with E-state index in [1.807, 2.05) is 0 Å². The summed E-state index contributed by atoms with van der Waals surface area (Å²) < 4.78 is 13.7. The van der Waals surface area contributed by atoms with Crippen LogP contribution in [-0.4, -0.2) is 0 Å². The van der Waals surface area contributed by atoms with Gasteiger partial charge in [0.15, 0.2) is 0 Å². The average Bonchev–Trinajstić information content (AvgIpc) is 2.32. The first-order chi connectivity index (χ1) is 8.56. The Hall–Kier alpha value is -1.35. The van der Waals surface area contributed by atoms with E-state index in [0.717, 1.165) is 16.7 Å². The van der Waals surface area contributed by atoms with E-state index >= 15 is 0 Å². The van der Waals surface area contributed by atoms with Crippen LogP contribution in [0.25, 0.3) is 0 Å². The van der Waals surface area contributed by atoms with E-state index in [4.69, 9.17) is 0 Å². The lowest BCUT2D eigenvalue weighted by molar-refractivity contribution is 0.627. The molecule has 0 unspecified atom stereocenters. The van der Waals surface area contributed by atoms with Gasteiger partial charge >= 0.3 is 0 Å². The molecule has 0 spiro atoms. The summed E-state index contributed by atoms with van der Waals surface area (Å²) in [4.78, 5) is 0. The Bertz CT molecular complexity index is 566. The van der Waals surface area contributed by atoms with Gasteiger partial charge in [-0.1, -0.05) is 18.2 Å². The fourth-order valence-electron chi connectivity index (χ4n) is 1.74. The molecule has 0 aliphatic rings. The van der Waals surface area contributed by atoms with Crippen LogP contribution in [0, 0.1) is 19.7 Å².